The van der Waals surface area contributed by atoms with Crippen LogP contribution in [-0.2, 0) is 11.3 Å². The first kappa shape index (κ1) is 9.86. The van der Waals surface area contributed by atoms with E-state index in [2.05, 4.69) is 0 Å². The molecule has 1 aromatic carbocycles. The molecule has 0 N–H and O–H groups in total. The van der Waals surface area contributed by atoms with Crippen LogP contribution in [0.1, 0.15) is 16.1 Å². The molecule has 0 amide bonds. The first-order valence-electron chi connectivity index (χ1n) is 4.41. The number of fused-ring (bicyclic) bond motifs is 1. The molecule has 1 heterocycles. The zero-order valence-electron chi connectivity index (χ0n) is 8.12. The molecule has 0 spiro atoms. The number of carbonyl (C=O) groups is 1. The molecule has 0 aliphatic heterocycles. The van der Waals surface area contributed by atoms with Crippen molar-refractivity contribution in [2.45, 2.75) is 6.61 Å². The third-order valence-corrected chi connectivity index (χ3v) is 2.18. The number of carbonyl (C=O) groups excluding carboxylic acids is 1. The summed E-state index contributed by atoms with van der Waals surface area (Å²) in [4.78, 5) is 10.7. The van der Waals surface area contributed by atoms with Crippen LogP contribution >= 0.6 is 0 Å². The maximum Gasteiger partial charge on any atom is 0.185 e. The number of ether oxygens (including phenoxy) is 1. The molecule has 0 unspecified atom stereocenters. The summed E-state index contributed by atoms with van der Waals surface area (Å²) in [5.74, 6) is -0.171. The van der Waals surface area contributed by atoms with E-state index in [1.54, 1.807) is 0 Å². The van der Waals surface area contributed by atoms with Crippen molar-refractivity contribution >= 4 is 17.3 Å². The van der Waals surface area contributed by atoms with Crippen molar-refractivity contribution in [3.63, 3.8) is 0 Å². The molecule has 3 nitrogen and oxygen atoms in total. The van der Waals surface area contributed by atoms with Crippen molar-refractivity contribution in [1.29, 1.82) is 0 Å². The van der Waals surface area contributed by atoms with Crippen LogP contribution in [0.25, 0.3) is 11.0 Å². The summed E-state index contributed by atoms with van der Waals surface area (Å²) in [6.07, 6.45) is 0.603. The predicted octanol–water partition coefficient (Wildman–Crippen LogP) is 2.53. The largest absolute Gasteiger partial charge is 0.453 e. The Balaban J connectivity index is 2.70. The number of hydrogen-bond donors (Lipinski definition) is 0. The van der Waals surface area contributed by atoms with E-state index in [4.69, 9.17) is 9.15 Å². The van der Waals surface area contributed by atoms with Gasteiger partial charge in [-0.3, -0.25) is 4.79 Å². The van der Waals surface area contributed by atoms with Crippen LogP contribution in [0.3, 0.4) is 0 Å². The SMILES string of the molecule is COCc1c(C=O)oc2ccc(F)cc12. The topological polar surface area (TPSA) is 39.4 Å². The average molecular weight is 208 g/mol. The van der Waals surface area contributed by atoms with Gasteiger partial charge < -0.3 is 9.15 Å². The van der Waals surface area contributed by atoms with Gasteiger partial charge >= 0.3 is 0 Å². The zero-order valence-corrected chi connectivity index (χ0v) is 8.12. The minimum Gasteiger partial charge on any atom is -0.453 e. The van der Waals surface area contributed by atoms with Gasteiger partial charge in [0.05, 0.1) is 6.61 Å². The fourth-order valence-electron chi connectivity index (χ4n) is 1.53. The predicted molar refractivity (Wildman–Crippen MR) is 52.3 cm³/mol. The van der Waals surface area contributed by atoms with Crippen molar-refractivity contribution in [3.05, 3.63) is 35.3 Å². The van der Waals surface area contributed by atoms with E-state index < -0.39 is 0 Å². The summed E-state index contributed by atoms with van der Waals surface area (Å²) in [5.41, 5.74) is 1.08. The molecule has 4 heteroatoms. The molecule has 2 rings (SSSR count). The third kappa shape index (κ3) is 1.64. The number of furan rings is 1. The number of methoxy groups -OCH3 is 1. The van der Waals surface area contributed by atoms with Gasteiger partial charge in [-0.1, -0.05) is 0 Å². The molecule has 0 saturated carbocycles. The van der Waals surface area contributed by atoms with Crippen molar-refractivity contribution in [2.75, 3.05) is 7.11 Å². The minimum absolute atomic E-state index is 0.192. The molecule has 0 fully saturated rings. The summed E-state index contributed by atoms with van der Waals surface area (Å²) in [5, 5.41) is 0.582. The number of halogens is 1. The van der Waals surface area contributed by atoms with Gasteiger partial charge in [0.15, 0.2) is 12.0 Å². The molecule has 15 heavy (non-hydrogen) atoms. The van der Waals surface area contributed by atoms with E-state index in [0.717, 1.165) is 0 Å². The molecule has 1 aromatic heterocycles. The summed E-state index contributed by atoms with van der Waals surface area (Å²) in [6, 6.07) is 4.12. The van der Waals surface area contributed by atoms with Crippen LogP contribution in [0.15, 0.2) is 22.6 Å². The summed E-state index contributed by atoms with van der Waals surface area (Å²) in [6.45, 7) is 0.227. The average Bonchev–Trinajstić information content (AvgIpc) is 2.57. The Morgan fingerprint density at radius 1 is 1.53 bits per heavy atom. The fourth-order valence-corrected chi connectivity index (χ4v) is 1.53. The number of rotatable bonds is 3. The molecule has 2 aromatic rings. The lowest BCUT2D eigenvalue weighted by Gasteiger charge is -1.96. The normalized spacial score (nSPS) is 10.8. The fraction of sp³-hybridized carbons (Fsp3) is 0.182. The second-order valence-corrected chi connectivity index (χ2v) is 3.14. The van der Waals surface area contributed by atoms with E-state index >= 15 is 0 Å². The van der Waals surface area contributed by atoms with Crippen molar-refractivity contribution in [2.24, 2.45) is 0 Å². The second kappa shape index (κ2) is 3.82. The Morgan fingerprint density at radius 2 is 2.33 bits per heavy atom. The maximum absolute atomic E-state index is 13.0. The number of hydrogen-bond acceptors (Lipinski definition) is 3. The first-order chi connectivity index (χ1) is 7.26. The Morgan fingerprint density at radius 3 is 3.00 bits per heavy atom. The van der Waals surface area contributed by atoms with Crippen LogP contribution < -0.4 is 0 Å². The molecule has 0 aliphatic rings. The lowest BCUT2D eigenvalue weighted by Crippen LogP contribution is -1.90. The maximum atomic E-state index is 13.0. The first-order valence-corrected chi connectivity index (χ1v) is 4.41. The summed E-state index contributed by atoms with van der Waals surface area (Å²) in [7, 11) is 1.51. The van der Waals surface area contributed by atoms with Gasteiger partial charge in [0.2, 0.25) is 0 Å². The molecular weight excluding hydrogens is 199 g/mol. The minimum atomic E-state index is -0.363. The van der Waals surface area contributed by atoms with Crippen LogP contribution in [-0.4, -0.2) is 13.4 Å². The third-order valence-electron chi connectivity index (χ3n) is 2.18. The molecule has 0 aliphatic carbocycles. The molecular formula is C11H9FO3. The van der Waals surface area contributed by atoms with Crippen molar-refractivity contribution < 1.29 is 18.3 Å². The molecule has 78 valence electrons. The Kier molecular flexibility index (Phi) is 2.51. The number of benzene rings is 1. The van der Waals surface area contributed by atoms with Gasteiger partial charge in [-0.25, -0.2) is 4.39 Å². The Bertz CT molecular complexity index is 502. The molecule has 0 atom stereocenters. The van der Waals surface area contributed by atoms with E-state index in [0.29, 0.717) is 22.8 Å². The highest BCUT2D eigenvalue weighted by Crippen LogP contribution is 2.26. The summed E-state index contributed by atoms with van der Waals surface area (Å²) >= 11 is 0. The van der Waals surface area contributed by atoms with Gasteiger partial charge in [-0.05, 0) is 18.2 Å². The molecule has 0 bridgehead atoms. The van der Waals surface area contributed by atoms with E-state index in [1.807, 2.05) is 0 Å². The summed E-state index contributed by atoms with van der Waals surface area (Å²) < 4.78 is 23.2. The standard InChI is InChI=1S/C11H9FO3/c1-14-6-9-8-4-7(12)2-3-10(8)15-11(9)5-13/h2-5H,6H2,1H3. The Labute approximate surface area is 85.4 Å². The van der Waals surface area contributed by atoms with Crippen molar-refractivity contribution in [3.8, 4) is 0 Å². The van der Waals surface area contributed by atoms with Gasteiger partial charge in [0.1, 0.15) is 11.4 Å². The highest BCUT2D eigenvalue weighted by molar-refractivity contribution is 5.89. The quantitative estimate of drug-likeness (QED) is 0.727. The van der Waals surface area contributed by atoms with Crippen LogP contribution in [0.4, 0.5) is 4.39 Å². The Hall–Kier alpha value is -1.68. The van der Waals surface area contributed by atoms with E-state index in [-0.39, 0.29) is 18.2 Å². The number of aldehydes is 1. The van der Waals surface area contributed by atoms with E-state index in [1.165, 1.54) is 25.3 Å². The lowest BCUT2D eigenvalue weighted by atomic mass is 10.1. The highest BCUT2D eigenvalue weighted by Gasteiger charge is 2.13. The monoisotopic (exact) mass is 208 g/mol. The zero-order chi connectivity index (χ0) is 10.8. The molecule has 0 radical (unpaired) electrons. The van der Waals surface area contributed by atoms with Crippen molar-refractivity contribution in [1.82, 2.24) is 0 Å². The lowest BCUT2D eigenvalue weighted by molar-refractivity contribution is 0.109. The highest BCUT2D eigenvalue weighted by atomic mass is 19.1. The smallest absolute Gasteiger partial charge is 0.185 e. The van der Waals surface area contributed by atoms with Gasteiger partial charge in [0.25, 0.3) is 0 Å². The van der Waals surface area contributed by atoms with Crippen LogP contribution in [0, 0.1) is 5.82 Å². The van der Waals surface area contributed by atoms with Gasteiger partial charge in [-0.2, -0.15) is 0 Å². The van der Waals surface area contributed by atoms with Gasteiger partial charge in [0, 0.05) is 18.1 Å². The van der Waals surface area contributed by atoms with Gasteiger partial charge in [-0.15, -0.1) is 0 Å². The van der Waals surface area contributed by atoms with Crippen LogP contribution in [0.2, 0.25) is 0 Å². The van der Waals surface area contributed by atoms with Crippen LogP contribution in [0.5, 0.6) is 0 Å². The van der Waals surface area contributed by atoms with E-state index in [9.17, 15) is 9.18 Å². The molecule has 0 saturated heterocycles. The second-order valence-electron chi connectivity index (χ2n) is 3.14.